The van der Waals surface area contributed by atoms with Crippen molar-refractivity contribution in [2.75, 3.05) is 13.7 Å². The number of fused-ring (bicyclic) bond motifs is 1. The first kappa shape index (κ1) is 17.7. The molecular weight excluding hydrogens is 342 g/mol. The van der Waals surface area contributed by atoms with Crippen LogP contribution in [0.2, 0.25) is 0 Å². The number of hydrogen-bond donors (Lipinski definition) is 1. The molecule has 3 heterocycles. The molecular formula is C21H23N3O3. The maximum atomic E-state index is 12.7. The van der Waals surface area contributed by atoms with Crippen molar-refractivity contribution >= 4 is 11.8 Å². The number of rotatable bonds is 5. The zero-order chi connectivity index (χ0) is 18.6. The Bertz CT molecular complexity index is 845. The molecule has 27 heavy (non-hydrogen) atoms. The van der Waals surface area contributed by atoms with Gasteiger partial charge >= 0.3 is 0 Å². The topological polar surface area (TPSA) is 72.8 Å². The van der Waals surface area contributed by atoms with E-state index in [0.29, 0.717) is 12.4 Å². The van der Waals surface area contributed by atoms with Crippen LogP contribution in [0.1, 0.15) is 41.3 Å². The summed E-state index contributed by atoms with van der Waals surface area (Å²) in [5.74, 6) is 0.550. The largest absolute Gasteiger partial charge is 0.481 e. The molecule has 1 fully saturated rings. The van der Waals surface area contributed by atoms with Gasteiger partial charge in [0, 0.05) is 12.8 Å². The summed E-state index contributed by atoms with van der Waals surface area (Å²) in [6.45, 7) is 1.32. The van der Waals surface area contributed by atoms with Crippen molar-refractivity contribution in [3.8, 4) is 0 Å². The molecule has 0 bridgehead atoms. The average Bonchev–Trinajstić information content (AvgIpc) is 3.36. The lowest BCUT2D eigenvalue weighted by Crippen LogP contribution is -2.37. The van der Waals surface area contributed by atoms with E-state index in [1.807, 2.05) is 36.4 Å². The molecule has 0 spiro atoms. The van der Waals surface area contributed by atoms with Gasteiger partial charge in [-0.3, -0.25) is 9.78 Å². The minimum Gasteiger partial charge on any atom is -0.481 e. The Kier molecular flexibility index (Phi) is 5.16. The number of nitrogens with zero attached hydrogens (tertiary/aromatic N) is 2. The molecule has 1 amide bonds. The Morgan fingerprint density at radius 1 is 1.37 bits per heavy atom. The van der Waals surface area contributed by atoms with Crippen LogP contribution in [0.15, 0.2) is 47.6 Å². The summed E-state index contributed by atoms with van der Waals surface area (Å²) in [6, 6.07) is 11.8. The lowest BCUT2D eigenvalue weighted by atomic mass is 9.99. The maximum absolute atomic E-state index is 12.7. The summed E-state index contributed by atoms with van der Waals surface area (Å²) in [7, 11) is 1.60. The fourth-order valence-electron chi connectivity index (χ4n) is 3.69. The molecule has 2 aromatic rings. The number of carbonyl (C=O) groups excluding carboxylic acids is 1. The second-order valence-corrected chi connectivity index (χ2v) is 6.84. The highest BCUT2D eigenvalue weighted by molar-refractivity contribution is 5.97. The van der Waals surface area contributed by atoms with E-state index in [1.165, 1.54) is 0 Å². The molecule has 0 aliphatic carbocycles. The molecule has 0 unspecified atom stereocenters. The van der Waals surface area contributed by atoms with Crippen molar-refractivity contribution < 1.29 is 14.3 Å². The van der Waals surface area contributed by atoms with Gasteiger partial charge < -0.3 is 14.8 Å². The van der Waals surface area contributed by atoms with Gasteiger partial charge in [-0.25, -0.2) is 4.99 Å². The molecule has 6 nitrogen and oxygen atoms in total. The third kappa shape index (κ3) is 3.85. The van der Waals surface area contributed by atoms with Crippen LogP contribution in [0.4, 0.5) is 0 Å². The van der Waals surface area contributed by atoms with Crippen LogP contribution in [0.5, 0.6) is 0 Å². The van der Waals surface area contributed by atoms with Crippen LogP contribution < -0.4 is 5.32 Å². The van der Waals surface area contributed by atoms with Crippen molar-refractivity contribution in [3.05, 3.63) is 65.0 Å². The molecule has 2 aliphatic heterocycles. The summed E-state index contributed by atoms with van der Waals surface area (Å²) in [4.78, 5) is 21.4. The predicted molar refractivity (Wildman–Crippen MR) is 101 cm³/mol. The minimum absolute atomic E-state index is 0.0157. The third-order valence-electron chi connectivity index (χ3n) is 5.02. The fraction of sp³-hybridized carbons (Fsp3) is 0.381. The molecule has 2 aliphatic rings. The van der Waals surface area contributed by atoms with Crippen molar-refractivity contribution in [1.29, 1.82) is 0 Å². The number of methoxy groups -OCH3 is 1. The number of aromatic nitrogens is 1. The summed E-state index contributed by atoms with van der Waals surface area (Å²) < 4.78 is 11.1. The Labute approximate surface area is 158 Å². The van der Waals surface area contributed by atoms with Crippen LogP contribution in [-0.4, -0.2) is 36.6 Å². The molecule has 0 radical (unpaired) electrons. The number of aliphatic imine (C=N–C) groups is 1. The van der Waals surface area contributed by atoms with Crippen molar-refractivity contribution in [1.82, 2.24) is 10.3 Å². The first-order chi connectivity index (χ1) is 13.2. The number of carbonyl (C=O) groups is 1. The Morgan fingerprint density at radius 2 is 2.22 bits per heavy atom. The molecule has 1 saturated heterocycles. The van der Waals surface area contributed by atoms with Gasteiger partial charge in [0.15, 0.2) is 0 Å². The maximum Gasteiger partial charge on any atom is 0.226 e. The Morgan fingerprint density at radius 3 is 2.96 bits per heavy atom. The van der Waals surface area contributed by atoms with Crippen LogP contribution in [0, 0.1) is 0 Å². The second-order valence-electron chi connectivity index (χ2n) is 6.84. The standard InChI is InChI=1S/C21H23N3O3/c1-26-21-17-13-22-16(10-15(17)12-23-21)11-19(25)24-20(18-8-5-9-27-18)14-6-3-2-4-7-14/h2-4,6-7,10,13,18,20H,5,8-9,11-12H2,1H3,(H,24,25)/t18-,20-/m0/s1. The predicted octanol–water partition coefficient (Wildman–Crippen LogP) is 2.57. The molecule has 6 heteroatoms. The first-order valence-corrected chi connectivity index (χ1v) is 9.27. The van der Waals surface area contributed by atoms with E-state index < -0.39 is 0 Å². The summed E-state index contributed by atoms with van der Waals surface area (Å²) in [6.07, 6.45) is 3.96. The quantitative estimate of drug-likeness (QED) is 0.884. The molecule has 0 saturated carbocycles. The van der Waals surface area contributed by atoms with E-state index in [0.717, 1.165) is 41.8 Å². The number of nitrogens with one attached hydrogen (secondary N) is 1. The molecule has 1 aromatic heterocycles. The highest BCUT2D eigenvalue weighted by Gasteiger charge is 2.29. The third-order valence-corrected chi connectivity index (χ3v) is 5.02. The van der Waals surface area contributed by atoms with Crippen LogP contribution in [0.25, 0.3) is 0 Å². The number of amides is 1. The number of ether oxygens (including phenoxy) is 2. The van der Waals surface area contributed by atoms with Crippen molar-refractivity contribution in [2.45, 2.75) is 38.0 Å². The number of hydrogen-bond acceptors (Lipinski definition) is 5. The van der Waals surface area contributed by atoms with Gasteiger partial charge in [0.05, 0.1) is 43.5 Å². The van der Waals surface area contributed by atoms with Gasteiger partial charge in [-0.1, -0.05) is 30.3 Å². The molecule has 1 aromatic carbocycles. The zero-order valence-corrected chi connectivity index (χ0v) is 15.4. The SMILES string of the molecule is COC1=NCc2cc(CC(=O)N[C@@H](c3ccccc3)[C@@H]3CCCO3)ncc21. The van der Waals surface area contributed by atoms with Gasteiger partial charge in [-0.2, -0.15) is 0 Å². The number of pyridine rings is 1. The monoisotopic (exact) mass is 365 g/mol. The van der Waals surface area contributed by atoms with Gasteiger partial charge in [0.1, 0.15) is 0 Å². The van der Waals surface area contributed by atoms with Crippen LogP contribution >= 0.6 is 0 Å². The lowest BCUT2D eigenvalue weighted by Gasteiger charge is -2.24. The Hall–Kier alpha value is -2.73. The van der Waals surface area contributed by atoms with Gasteiger partial charge in [0.25, 0.3) is 0 Å². The highest BCUT2D eigenvalue weighted by Crippen LogP contribution is 2.27. The van der Waals surface area contributed by atoms with Gasteiger partial charge in [-0.05, 0) is 30.0 Å². The zero-order valence-electron chi connectivity index (χ0n) is 15.4. The van der Waals surface area contributed by atoms with E-state index in [9.17, 15) is 4.79 Å². The summed E-state index contributed by atoms with van der Waals surface area (Å²) >= 11 is 0. The van der Waals surface area contributed by atoms with Crippen molar-refractivity contribution in [3.63, 3.8) is 0 Å². The summed E-state index contributed by atoms with van der Waals surface area (Å²) in [5.41, 5.74) is 3.75. The van der Waals surface area contributed by atoms with Crippen LogP contribution in [0.3, 0.4) is 0 Å². The fourth-order valence-corrected chi connectivity index (χ4v) is 3.69. The first-order valence-electron chi connectivity index (χ1n) is 9.27. The number of benzene rings is 1. The normalized spacial score (nSPS) is 19.3. The highest BCUT2D eigenvalue weighted by atomic mass is 16.5. The van der Waals surface area contributed by atoms with E-state index in [-0.39, 0.29) is 24.5 Å². The molecule has 4 rings (SSSR count). The molecule has 1 N–H and O–H groups in total. The Balaban J connectivity index is 1.46. The van der Waals surface area contributed by atoms with E-state index in [4.69, 9.17) is 9.47 Å². The van der Waals surface area contributed by atoms with Gasteiger partial charge in [0.2, 0.25) is 11.8 Å². The second kappa shape index (κ2) is 7.88. The molecule has 2 atom stereocenters. The van der Waals surface area contributed by atoms with E-state index in [2.05, 4.69) is 15.3 Å². The lowest BCUT2D eigenvalue weighted by molar-refractivity contribution is -0.122. The minimum atomic E-state index is -0.140. The summed E-state index contributed by atoms with van der Waals surface area (Å²) in [5, 5.41) is 3.15. The average molecular weight is 365 g/mol. The van der Waals surface area contributed by atoms with Crippen LogP contribution in [-0.2, 0) is 27.2 Å². The van der Waals surface area contributed by atoms with Gasteiger partial charge in [-0.15, -0.1) is 0 Å². The van der Waals surface area contributed by atoms with E-state index in [1.54, 1.807) is 13.3 Å². The van der Waals surface area contributed by atoms with Crippen molar-refractivity contribution in [2.24, 2.45) is 4.99 Å². The smallest absolute Gasteiger partial charge is 0.226 e. The van der Waals surface area contributed by atoms with E-state index >= 15 is 0 Å². The molecule has 140 valence electrons.